The minimum atomic E-state index is -2.76. The Balaban J connectivity index is 1.38. The molecule has 2 aromatic rings. The summed E-state index contributed by atoms with van der Waals surface area (Å²) in [5.74, 6) is -2.81. The summed E-state index contributed by atoms with van der Waals surface area (Å²) in [5.41, 5.74) is 3.54. The molecule has 2 aromatic carbocycles. The minimum absolute atomic E-state index is 0.0181. The first-order valence-corrected chi connectivity index (χ1v) is 9.01. The molecule has 142 valence electrons. The van der Waals surface area contributed by atoms with Crippen LogP contribution in [-0.2, 0) is 4.74 Å². The summed E-state index contributed by atoms with van der Waals surface area (Å²) in [4.78, 5) is 12.1. The molecule has 0 aliphatic heterocycles. The standard InChI is InChI=1S/C21H21F2NO3/c22-21(23)10-20(11-21,13-25)12-24-19(26)27-9-18-16-7-3-1-5-14(16)15-6-2-4-8-17(15)18/h1-8,18,25H,9-13H2,(H,24,26). The molecule has 0 unspecified atom stereocenters. The maximum atomic E-state index is 13.1. The Morgan fingerprint density at radius 1 is 1.07 bits per heavy atom. The largest absolute Gasteiger partial charge is 0.449 e. The lowest BCUT2D eigenvalue weighted by Crippen LogP contribution is -2.54. The summed E-state index contributed by atoms with van der Waals surface area (Å²) in [6, 6.07) is 16.0. The number of carbonyl (C=O) groups excluding carboxylic acids is 1. The highest BCUT2D eigenvalue weighted by Crippen LogP contribution is 2.51. The van der Waals surface area contributed by atoms with E-state index < -0.39 is 30.3 Å². The number of hydrogen-bond acceptors (Lipinski definition) is 3. The van der Waals surface area contributed by atoms with Crippen LogP contribution in [0, 0.1) is 5.41 Å². The zero-order chi connectivity index (χ0) is 19.1. The molecule has 0 saturated heterocycles. The fourth-order valence-electron chi connectivity index (χ4n) is 4.25. The van der Waals surface area contributed by atoms with Gasteiger partial charge in [0.1, 0.15) is 6.61 Å². The van der Waals surface area contributed by atoms with E-state index in [1.54, 1.807) is 0 Å². The fourth-order valence-corrected chi connectivity index (χ4v) is 4.25. The third-order valence-corrected chi connectivity index (χ3v) is 5.55. The molecule has 4 rings (SSSR count). The first kappa shape index (κ1) is 17.9. The quantitative estimate of drug-likeness (QED) is 0.835. The van der Waals surface area contributed by atoms with Gasteiger partial charge in [-0.3, -0.25) is 0 Å². The fraction of sp³-hybridized carbons (Fsp3) is 0.381. The lowest BCUT2D eigenvalue weighted by molar-refractivity contribution is -0.173. The molecule has 2 aliphatic rings. The van der Waals surface area contributed by atoms with Crippen LogP contribution in [0.25, 0.3) is 11.1 Å². The molecular weight excluding hydrogens is 352 g/mol. The molecule has 6 heteroatoms. The molecule has 2 aliphatic carbocycles. The molecule has 0 atom stereocenters. The zero-order valence-electron chi connectivity index (χ0n) is 14.8. The molecule has 1 saturated carbocycles. The van der Waals surface area contributed by atoms with Crippen molar-refractivity contribution in [3.8, 4) is 11.1 Å². The van der Waals surface area contributed by atoms with Gasteiger partial charge in [-0.05, 0) is 22.3 Å². The molecule has 27 heavy (non-hydrogen) atoms. The first-order valence-electron chi connectivity index (χ1n) is 9.01. The number of aliphatic hydroxyl groups excluding tert-OH is 1. The number of halogens is 2. The number of amides is 1. The average Bonchev–Trinajstić information content (AvgIpc) is 2.97. The Hall–Kier alpha value is -2.47. The van der Waals surface area contributed by atoms with Gasteiger partial charge in [0.05, 0.1) is 6.61 Å². The van der Waals surface area contributed by atoms with Gasteiger partial charge >= 0.3 is 6.09 Å². The van der Waals surface area contributed by atoms with Crippen molar-refractivity contribution in [2.45, 2.75) is 24.7 Å². The molecule has 2 N–H and O–H groups in total. The van der Waals surface area contributed by atoms with E-state index in [2.05, 4.69) is 17.4 Å². The van der Waals surface area contributed by atoms with Gasteiger partial charge in [0.2, 0.25) is 5.92 Å². The van der Waals surface area contributed by atoms with Crippen LogP contribution >= 0.6 is 0 Å². The lowest BCUT2D eigenvalue weighted by atomic mass is 9.66. The van der Waals surface area contributed by atoms with Gasteiger partial charge in [-0.15, -0.1) is 0 Å². The van der Waals surface area contributed by atoms with Gasteiger partial charge in [0.15, 0.2) is 0 Å². The highest BCUT2D eigenvalue weighted by Gasteiger charge is 2.56. The van der Waals surface area contributed by atoms with Crippen molar-refractivity contribution in [3.63, 3.8) is 0 Å². The number of ether oxygens (including phenoxy) is 1. The summed E-state index contributed by atoms with van der Waals surface area (Å²) in [5, 5.41) is 11.9. The Labute approximate surface area is 156 Å². The van der Waals surface area contributed by atoms with Crippen molar-refractivity contribution >= 4 is 6.09 Å². The normalized spacial score (nSPS) is 18.9. The van der Waals surface area contributed by atoms with Gasteiger partial charge in [0.25, 0.3) is 0 Å². The number of alkyl carbamates (subject to hydrolysis) is 1. The molecule has 0 spiro atoms. The van der Waals surface area contributed by atoms with Crippen molar-refractivity contribution in [2.75, 3.05) is 19.8 Å². The Morgan fingerprint density at radius 2 is 1.63 bits per heavy atom. The first-order chi connectivity index (χ1) is 12.9. The SMILES string of the molecule is O=C(NCC1(CO)CC(F)(F)C1)OCC1c2ccccc2-c2ccccc21. The summed E-state index contributed by atoms with van der Waals surface area (Å²) in [7, 11) is 0. The monoisotopic (exact) mass is 373 g/mol. The van der Waals surface area contributed by atoms with Crippen molar-refractivity contribution < 1.29 is 23.4 Å². The second-order valence-electron chi connectivity index (χ2n) is 7.55. The molecule has 0 bridgehead atoms. The van der Waals surface area contributed by atoms with Gasteiger partial charge < -0.3 is 15.2 Å². The summed E-state index contributed by atoms with van der Waals surface area (Å²) >= 11 is 0. The van der Waals surface area contributed by atoms with Gasteiger partial charge in [0, 0.05) is 30.7 Å². The molecule has 1 fully saturated rings. The number of alkyl halides is 2. The van der Waals surface area contributed by atoms with Crippen LogP contribution in [0.2, 0.25) is 0 Å². The molecule has 4 nitrogen and oxygen atoms in total. The number of hydrogen-bond donors (Lipinski definition) is 2. The van der Waals surface area contributed by atoms with Crippen LogP contribution in [0.15, 0.2) is 48.5 Å². The van der Waals surface area contributed by atoms with Crippen LogP contribution in [0.3, 0.4) is 0 Å². The van der Waals surface area contributed by atoms with Crippen LogP contribution in [0.5, 0.6) is 0 Å². The molecule has 0 radical (unpaired) electrons. The molecular formula is C21H21F2NO3. The van der Waals surface area contributed by atoms with Gasteiger partial charge in [-0.2, -0.15) is 0 Å². The highest BCUT2D eigenvalue weighted by atomic mass is 19.3. The topological polar surface area (TPSA) is 58.6 Å². The number of rotatable bonds is 5. The van der Waals surface area contributed by atoms with E-state index in [4.69, 9.17) is 4.74 Å². The summed E-state index contributed by atoms with van der Waals surface area (Å²) in [6.07, 6.45) is -1.49. The highest BCUT2D eigenvalue weighted by molar-refractivity contribution is 5.79. The van der Waals surface area contributed by atoms with Gasteiger partial charge in [-0.25, -0.2) is 13.6 Å². The molecule has 1 amide bonds. The van der Waals surface area contributed by atoms with Crippen LogP contribution in [-0.4, -0.2) is 36.9 Å². The minimum Gasteiger partial charge on any atom is -0.449 e. The predicted molar refractivity (Wildman–Crippen MR) is 96.8 cm³/mol. The van der Waals surface area contributed by atoms with E-state index in [1.165, 1.54) is 0 Å². The third kappa shape index (κ3) is 3.30. The Kier molecular flexibility index (Phi) is 4.38. The van der Waals surface area contributed by atoms with E-state index in [0.717, 1.165) is 22.3 Å². The smallest absolute Gasteiger partial charge is 0.407 e. The van der Waals surface area contributed by atoms with E-state index in [-0.39, 0.29) is 25.7 Å². The number of fused-ring (bicyclic) bond motifs is 3. The van der Waals surface area contributed by atoms with E-state index in [0.29, 0.717) is 0 Å². The van der Waals surface area contributed by atoms with E-state index in [9.17, 15) is 18.7 Å². The average molecular weight is 373 g/mol. The maximum absolute atomic E-state index is 13.1. The van der Waals surface area contributed by atoms with Gasteiger partial charge in [-0.1, -0.05) is 48.5 Å². The number of nitrogens with one attached hydrogen (secondary N) is 1. The van der Waals surface area contributed by atoms with Crippen molar-refractivity contribution in [1.29, 1.82) is 0 Å². The van der Waals surface area contributed by atoms with Crippen molar-refractivity contribution in [2.24, 2.45) is 5.41 Å². The third-order valence-electron chi connectivity index (χ3n) is 5.55. The van der Waals surface area contributed by atoms with Crippen molar-refractivity contribution in [3.05, 3.63) is 59.7 Å². The lowest BCUT2D eigenvalue weighted by Gasteiger charge is -2.46. The zero-order valence-corrected chi connectivity index (χ0v) is 14.8. The number of aliphatic hydroxyl groups is 1. The van der Waals surface area contributed by atoms with Crippen LogP contribution in [0.4, 0.5) is 13.6 Å². The Bertz CT molecular complexity index is 815. The Morgan fingerprint density at radius 3 is 2.15 bits per heavy atom. The summed E-state index contributed by atoms with van der Waals surface area (Å²) in [6.45, 7) is -0.232. The summed E-state index contributed by atoms with van der Waals surface area (Å²) < 4.78 is 31.6. The number of carbonyl (C=O) groups is 1. The second kappa shape index (κ2) is 6.60. The molecule has 0 aromatic heterocycles. The predicted octanol–water partition coefficient (Wildman–Crippen LogP) is 3.93. The maximum Gasteiger partial charge on any atom is 0.407 e. The number of benzene rings is 2. The van der Waals surface area contributed by atoms with Crippen LogP contribution in [0.1, 0.15) is 29.9 Å². The van der Waals surface area contributed by atoms with E-state index in [1.807, 2.05) is 36.4 Å². The van der Waals surface area contributed by atoms with E-state index >= 15 is 0 Å². The molecule has 0 heterocycles. The van der Waals surface area contributed by atoms with Crippen LogP contribution < -0.4 is 5.32 Å². The van der Waals surface area contributed by atoms with Crippen molar-refractivity contribution in [1.82, 2.24) is 5.32 Å². The second-order valence-corrected chi connectivity index (χ2v) is 7.55.